The first kappa shape index (κ1) is 26.1. The van der Waals surface area contributed by atoms with Crippen LogP contribution in [0.4, 0.5) is 10.5 Å². The summed E-state index contributed by atoms with van der Waals surface area (Å²) in [6.45, 7) is 10.2. The van der Waals surface area contributed by atoms with E-state index in [-0.39, 0.29) is 11.4 Å². The zero-order valence-electron chi connectivity index (χ0n) is 23.3. The fourth-order valence-electron chi connectivity index (χ4n) is 6.28. The van der Waals surface area contributed by atoms with Crippen LogP contribution in [-0.4, -0.2) is 17.1 Å². The summed E-state index contributed by atoms with van der Waals surface area (Å²) in [6.07, 6.45) is 6.91. The Kier molecular flexibility index (Phi) is 7.60. The number of nitrogens with one attached hydrogen (secondary N) is 2. The van der Waals surface area contributed by atoms with E-state index in [1.54, 1.807) is 0 Å². The average molecular weight is 508 g/mol. The van der Waals surface area contributed by atoms with Crippen molar-refractivity contribution in [2.75, 3.05) is 11.9 Å². The number of urea groups is 1. The molecule has 4 heteroatoms. The number of carbonyl (C=O) groups excluding carboxylic acids is 1. The number of hydrogen-bond acceptors (Lipinski definition) is 1. The number of nitrogens with zero attached hydrogens (tertiary/aromatic N) is 1. The monoisotopic (exact) mass is 507 g/mol. The third-order valence-corrected chi connectivity index (χ3v) is 8.32. The maximum atomic E-state index is 13.4. The van der Waals surface area contributed by atoms with Crippen molar-refractivity contribution in [2.45, 2.75) is 77.2 Å². The van der Waals surface area contributed by atoms with Gasteiger partial charge in [-0.25, -0.2) is 4.79 Å². The van der Waals surface area contributed by atoms with E-state index in [2.05, 4.69) is 122 Å². The Labute approximate surface area is 227 Å². The lowest BCUT2D eigenvalue weighted by Crippen LogP contribution is -2.41. The van der Waals surface area contributed by atoms with Crippen molar-refractivity contribution >= 4 is 22.6 Å². The van der Waals surface area contributed by atoms with E-state index in [0.717, 1.165) is 25.1 Å². The van der Waals surface area contributed by atoms with Gasteiger partial charge in [0.25, 0.3) is 0 Å². The molecular weight excluding hydrogens is 466 g/mol. The van der Waals surface area contributed by atoms with E-state index in [4.69, 9.17) is 0 Å². The van der Waals surface area contributed by atoms with E-state index in [9.17, 15) is 4.79 Å². The van der Waals surface area contributed by atoms with Crippen LogP contribution in [0.3, 0.4) is 0 Å². The average Bonchev–Trinajstić information content (AvgIpc) is 3.54. The first-order valence-corrected chi connectivity index (χ1v) is 14.2. The summed E-state index contributed by atoms with van der Waals surface area (Å²) in [5, 5.41) is 7.87. The summed E-state index contributed by atoms with van der Waals surface area (Å²) in [5.41, 5.74) is 7.20. The van der Waals surface area contributed by atoms with Gasteiger partial charge >= 0.3 is 6.03 Å². The van der Waals surface area contributed by atoms with Crippen LogP contribution in [0.25, 0.3) is 10.9 Å². The topological polar surface area (TPSA) is 46.1 Å². The number of para-hydroxylation sites is 2. The van der Waals surface area contributed by atoms with Gasteiger partial charge in [0.05, 0.1) is 0 Å². The van der Waals surface area contributed by atoms with Crippen molar-refractivity contribution in [3.05, 3.63) is 101 Å². The second-order valence-electron chi connectivity index (χ2n) is 11.6. The van der Waals surface area contributed by atoms with Gasteiger partial charge in [0.1, 0.15) is 0 Å². The highest BCUT2D eigenvalue weighted by molar-refractivity contribution is 5.92. The van der Waals surface area contributed by atoms with Gasteiger partial charge in [-0.3, -0.25) is 0 Å². The molecule has 2 N–H and O–H groups in total. The molecule has 0 unspecified atom stereocenters. The van der Waals surface area contributed by atoms with Gasteiger partial charge in [0, 0.05) is 41.3 Å². The van der Waals surface area contributed by atoms with Crippen molar-refractivity contribution in [1.82, 2.24) is 9.88 Å². The van der Waals surface area contributed by atoms with Crippen LogP contribution in [0.5, 0.6) is 0 Å². The normalized spacial score (nSPS) is 14.9. The molecule has 5 rings (SSSR count). The number of carbonyl (C=O) groups is 1. The Morgan fingerprint density at radius 3 is 2.13 bits per heavy atom. The van der Waals surface area contributed by atoms with Crippen molar-refractivity contribution in [2.24, 2.45) is 0 Å². The van der Waals surface area contributed by atoms with Crippen LogP contribution in [0, 0.1) is 0 Å². The lowest BCUT2D eigenvalue weighted by atomic mass is 9.78. The van der Waals surface area contributed by atoms with Crippen LogP contribution in [0.1, 0.15) is 87.5 Å². The molecule has 1 aromatic heterocycles. The summed E-state index contributed by atoms with van der Waals surface area (Å²) in [6, 6.07) is 25.6. The highest BCUT2D eigenvalue weighted by Crippen LogP contribution is 2.44. The van der Waals surface area contributed by atoms with Gasteiger partial charge in [-0.1, -0.05) is 107 Å². The van der Waals surface area contributed by atoms with Crippen molar-refractivity contribution < 1.29 is 4.79 Å². The fraction of sp³-hybridized carbons (Fsp3) is 0.382. The van der Waals surface area contributed by atoms with Gasteiger partial charge in [0.2, 0.25) is 0 Å². The number of aromatic nitrogens is 1. The molecule has 0 aliphatic heterocycles. The molecule has 0 saturated heterocycles. The first-order chi connectivity index (χ1) is 18.4. The molecule has 0 radical (unpaired) electrons. The number of rotatable bonds is 8. The summed E-state index contributed by atoms with van der Waals surface area (Å²) in [5.74, 6) is 0.668. The lowest BCUT2D eigenvalue weighted by molar-refractivity contribution is 0.248. The zero-order valence-corrected chi connectivity index (χ0v) is 23.3. The zero-order chi connectivity index (χ0) is 26.7. The third kappa shape index (κ3) is 5.22. The minimum absolute atomic E-state index is 0.0582. The molecule has 1 fully saturated rings. The van der Waals surface area contributed by atoms with Crippen LogP contribution in [0.2, 0.25) is 0 Å². The third-order valence-electron chi connectivity index (χ3n) is 8.32. The lowest BCUT2D eigenvalue weighted by Gasteiger charge is -2.30. The Hall–Kier alpha value is -3.53. The Bertz CT molecular complexity index is 1370. The van der Waals surface area contributed by atoms with Gasteiger partial charge in [-0.15, -0.1) is 0 Å². The molecule has 1 heterocycles. The van der Waals surface area contributed by atoms with E-state index >= 15 is 0 Å². The molecule has 0 bridgehead atoms. The molecule has 198 valence electrons. The standard InChI is InChI=1S/C34H41N3O/c1-24(2)27-16-12-17-28(25(3)4)32(27)36-33(38)35-23-34(19-10-11-20-34)30-22-37(21-26-13-6-5-7-14-26)31-18-9-8-15-29(30)31/h5-9,12-18,22,24-25H,10-11,19-21,23H2,1-4H3,(H2,35,36,38). The molecule has 38 heavy (non-hydrogen) atoms. The van der Waals surface area contributed by atoms with Crippen LogP contribution >= 0.6 is 0 Å². The molecule has 4 aromatic rings. The smallest absolute Gasteiger partial charge is 0.319 e. The molecular formula is C34H41N3O. The van der Waals surface area contributed by atoms with Gasteiger partial charge in [-0.2, -0.15) is 0 Å². The van der Waals surface area contributed by atoms with Crippen LogP contribution in [-0.2, 0) is 12.0 Å². The summed E-state index contributed by atoms with van der Waals surface area (Å²) >= 11 is 0. The molecule has 1 saturated carbocycles. The number of benzene rings is 3. The van der Waals surface area contributed by atoms with E-state index in [1.165, 1.54) is 46.0 Å². The Balaban J connectivity index is 1.42. The van der Waals surface area contributed by atoms with E-state index in [1.807, 2.05) is 0 Å². The first-order valence-electron chi connectivity index (χ1n) is 14.2. The van der Waals surface area contributed by atoms with Crippen molar-refractivity contribution in [3.8, 4) is 0 Å². The van der Waals surface area contributed by atoms with Gasteiger partial charge in [-0.05, 0) is 53.0 Å². The molecule has 0 atom stereocenters. The second kappa shape index (κ2) is 11.1. The van der Waals surface area contributed by atoms with Crippen molar-refractivity contribution in [3.63, 3.8) is 0 Å². The second-order valence-corrected chi connectivity index (χ2v) is 11.6. The van der Waals surface area contributed by atoms with Crippen LogP contribution < -0.4 is 10.6 Å². The molecule has 4 nitrogen and oxygen atoms in total. The summed E-state index contributed by atoms with van der Waals surface area (Å²) < 4.78 is 2.38. The number of anilines is 1. The maximum Gasteiger partial charge on any atom is 0.319 e. The number of fused-ring (bicyclic) bond motifs is 1. The summed E-state index contributed by atoms with van der Waals surface area (Å²) in [4.78, 5) is 13.4. The predicted molar refractivity (Wildman–Crippen MR) is 159 cm³/mol. The molecule has 2 amide bonds. The maximum absolute atomic E-state index is 13.4. The minimum Gasteiger partial charge on any atom is -0.343 e. The molecule has 0 spiro atoms. The quantitative estimate of drug-likeness (QED) is 0.246. The minimum atomic E-state index is -0.112. The summed E-state index contributed by atoms with van der Waals surface area (Å²) in [7, 11) is 0. The van der Waals surface area contributed by atoms with Gasteiger partial charge < -0.3 is 15.2 Å². The Morgan fingerprint density at radius 2 is 1.47 bits per heavy atom. The number of hydrogen-bond donors (Lipinski definition) is 2. The number of amides is 2. The van der Waals surface area contributed by atoms with Gasteiger partial charge in [0.15, 0.2) is 0 Å². The highest BCUT2D eigenvalue weighted by atomic mass is 16.2. The van der Waals surface area contributed by atoms with Crippen molar-refractivity contribution in [1.29, 1.82) is 0 Å². The predicted octanol–water partition coefficient (Wildman–Crippen LogP) is 8.57. The molecule has 1 aliphatic rings. The highest BCUT2D eigenvalue weighted by Gasteiger charge is 2.38. The Morgan fingerprint density at radius 1 is 0.842 bits per heavy atom. The SMILES string of the molecule is CC(C)c1cccc(C(C)C)c1NC(=O)NCC1(c2cn(Cc3ccccc3)c3ccccc23)CCCC1. The van der Waals surface area contributed by atoms with Crippen LogP contribution in [0.15, 0.2) is 79.0 Å². The largest absolute Gasteiger partial charge is 0.343 e. The molecule has 3 aromatic carbocycles. The van der Waals surface area contributed by atoms with E-state index < -0.39 is 0 Å². The van der Waals surface area contributed by atoms with E-state index in [0.29, 0.717) is 18.4 Å². The molecule has 1 aliphatic carbocycles. The fourth-order valence-corrected chi connectivity index (χ4v) is 6.28.